The molecule has 1 aromatic heterocycles. The molecule has 2 aromatic rings. The molecule has 6 aliphatic carbocycles. The van der Waals surface area contributed by atoms with E-state index in [1.165, 1.54) is 18.2 Å². The van der Waals surface area contributed by atoms with Gasteiger partial charge in [-0.3, -0.25) is 9.48 Å². The van der Waals surface area contributed by atoms with E-state index in [0.717, 1.165) is 0 Å². The van der Waals surface area contributed by atoms with Crippen LogP contribution in [0, 0.1) is 46.7 Å². The molecule has 1 unspecified atom stereocenters. The van der Waals surface area contributed by atoms with Gasteiger partial charge >= 0.3 is 6.03 Å². The molecule has 3 amide bonds. The predicted octanol–water partition coefficient (Wildman–Crippen LogP) is 2.34. The third-order valence-electron chi connectivity index (χ3n) is 9.90. The van der Waals surface area contributed by atoms with Crippen LogP contribution in [-0.4, -0.2) is 38.8 Å². The van der Waals surface area contributed by atoms with Crippen LogP contribution in [0.25, 0.3) is 11.3 Å². The van der Waals surface area contributed by atoms with Gasteiger partial charge in [0, 0.05) is 35.3 Å². The third kappa shape index (κ3) is 1.38. The lowest BCUT2D eigenvalue weighted by Crippen LogP contribution is -3.12. The zero-order chi connectivity index (χ0) is 22.1. The second-order valence-electron chi connectivity index (χ2n) is 10.2. The number of nitrogens with two attached hydrogens (primary N) is 2. The molecule has 0 saturated heterocycles. The Morgan fingerprint density at radius 3 is 2.31 bits per heavy atom. The van der Waals surface area contributed by atoms with Crippen molar-refractivity contribution in [3.63, 3.8) is 0 Å². The molecule has 10 heteroatoms. The van der Waals surface area contributed by atoms with E-state index in [0.29, 0.717) is 30.0 Å². The van der Waals surface area contributed by atoms with Crippen molar-refractivity contribution in [1.82, 2.24) is 14.7 Å². The zero-order valence-corrected chi connectivity index (χ0v) is 17.4. The number of primary amides is 2. The minimum atomic E-state index is -0.975. The van der Waals surface area contributed by atoms with Crippen LogP contribution in [0.4, 0.5) is 13.6 Å². The number of carbonyl (C=O) groups excluding carboxylic acids is 2. The van der Waals surface area contributed by atoms with Crippen molar-refractivity contribution in [2.24, 2.45) is 52.4 Å². The number of benzene rings is 1. The molecular weight excluding hydrogens is 440 g/mol. The van der Waals surface area contributed by atoms with Gasteiger partial charge in [0.2, 0.25) is 0 Å². The minimum absolute atomic E-state index is 0.0860. The number of rotatable bonds is 3. The summed E-state index contributed by atoms with van der Waals surface area (Å²) in [5.74, 6) is -0.322. The molecule has 32 heavy (non-hydrogen) atoms. The summed E-state index contributed by atoms with van der Waals surface area (Å²) in [5.41, 5.74) is 12.0. The Kier molecular flexibility index (Phi) is 2.68. The van der Waals surface area contributed by atoms with Crippen LogP contribution < -0.4 is 11.5 Å². The van der Waals surface area contributed by atoms with Crippen molar-refractivity contribution < 1.29 is 18.4 Å². The molecule has 6 saturated carbocycles. The van der Waals surface area contributed by atoms with Gasteiger partial charge in [-0.15, -0.1) is 0 Å². The number of carbonyl (C=O) groups is 2. The largest absolute Gasteiger partial charge is 0.365 e. The molecule has 1 aliphatic heterocycles. The highest BCUT2D eigenvalue weighted by Crippen LogP contribution is 3.09. The molecule has 164 valence electrons. The summed E-state index contributed by atoms with van der Waals surface area (Å²) in [5, 5.41) is 4.56. The molecule has 2 heterocycles. The number of hydrogen-bond donors (Lipinski definition) is 2. The van der Waals surface area contributed by atoms with Gasteiger partial charge in [-0.25, -0.2) is 13.6 Å². The van der Waals surface area contributed by atoms with Gasteiger partial charge in [-0.05, 0) is 36.0 Å². The summed E-state index contributed by atoms with van der Waals surface area (Å²) in [6.07, 6.45) is 0. The Labute approximate surface area is 185 Å². The van der Waals surface area contributed by atoms with Crippen molar-refractivity contribution in [3.8, 4) is 11.3 Å². The number of urea groups is 1. The van der Waals surface area contributed by atoms with Crippen LogP contribution in [0.2, 0.25) is 5.02 Å². The van der Waals surface area contributed by atoms with Crippen LogP contribution in [0.1, 0.15) is 22.1 Å². The molecule has 0 bridgehead atoms. The molecule has 0 spiro atoms. The summed E-state index contributed by atoms with van der Waals surface area (Å²) < 4.78 is 30.5. The SMILES string of the molecule is NC(=O)c1c(-c2ccc(F)c(Cl)c2)nn2c1C(C13C4C5C1C1C3C4C51F)N(C(N)=O)CC2. The highest BCUT2D eigenvalue weighted by Gasteiger charge is 3.12. The number of alkyl halides is 1. The Morgan fingerprint density at radius 2 is 1.75 bits per heavy atom. The van der Waals surface area contributed by atoms with Gasteiger partial charge in [0.15, 0.2) is 0 Å². The number of hydrogen-bond acceptors (Lipinski definition) is 3. The highest BCUT2D eigenvalue weighted by molar-refractivity contribution is 6.31. The summed E-state index contributed by atoms with van der Waals surface area (Å²) in [4.78, 5) is 26.8. The topological polar surface area (TPSA) is 107 Å². The number of nitrogens with zero attached hydrogens (tertiary/aromatic N) is 3. The lowest BCUT2D eigenvalue weighted by Gasteiger charge is -3.09. The number of fused-ring (bicyclic) bond motifs is 1. The Morgan fingerprint density at radius 1 is 1.09 bits per heavy atom. The van der Waals surface area contributed by atoms with E-state index >= 15 is 0 Å². The van der Waals surface area contributed by atoms with Gasteiger partial charge in [0.25, 0.3) is 5.91 Å². The monoisotopic (exact) mass is 457 g/mol. The van der Waals surface area contributed by atoms with Crippen LogP contribution in [0.15, 0.2) is 18.2 Å². The third-order valence-corrected chi connectivity index (χ3v) is 10.2. The average Bonchev–Trinajstić information content (AvgIpc) is 3.15. The van der Waals surface area contributed by atoms with Crippen LogP contribution in [0.3, 0.4) is 0 Å². The van der Waals surface area contributed by atoms with Gasteiger partial charge in [-0.2, -0.15) is 5.10 Å². The molecule has 7 aliphatic rings. The Bertz CT molecular complexity index is 1270. The molecule has 7 nitrogen and oxygen atoms in total. The van der Waals surface area contributed by atoms with Gasteiger partial charge in [-0.1, -0.05) is 11.6 Å². The van der Waals surface area contributed by atoms with Crippen molar-refractivity contribution >= 4 is 23.5 Å². The first-order valence-corrected chi connectivity index (χ1v) is 11.2. The van der Waals surface area contributed by atoms with E-state index < -0.39 is 29.5 Å². The zero-order valence-electron chi connectivity index (χ0n) is 16.6. The van der Waals surface area contributed by atoms with E-state index in [1.807, 2.05) is 0 Å². The maximum Gasteiger partial charge on any atom is 0.315 e. The fraction of sp³-hybridized carbons (Fsp3) is 0.500. The fourth-order valence-electron chi connectivity index (χ4n) is 9.26. The van der Waals surface area contributed by atoms with Crippen LogP contribution in [0.5, 0.6) is 0 Å². The van der Waals surface area contributed by atoms with E-state index in [2.05, 4.69) is 5.10 Å². The smallest absolute Gasteiger partial charge is 0.315 e. The lowest BCUT2D eigenvalue weighted by atomic mass is 8.94. The lowest BCUT2D eigenvalue weighted by molar-refractivity contribution is -0.656. The predicted molar refractivity (Wildman–Crippen MR) is 107 cm³/mol. The number of aromatic nitrogens is 2. The van der Waals surface area contributed by atoms with Crippen molar-refractivity contribution in [2.75, 3.05) is 6.54 Å². The van der Waals surface area contributed by atoms with Crippen LogP contribution >= 0.6 is 11.6 Å². The van der Waals surface area contributed by atoms with E-state index in [1.54, 1.807) is 9.58 Å². The first-order chi connectivity index (χ1) is 15.3. The van der Waals surface area contributed by atoms with Crippen molar-refractivity contribution in [3.05, 3.63) is 40.3 Å². The molecule has 0 radical (unpaired) electrons. The second-order valence-corrected chi connectivity index (χ2v) is 10.6. The maximum atomic E-state index is 15.0. The maximum absolute atomic E-state index is 15.0. The highest BCUT2D eigenvalue weighted by atomic mass is 35.5. The summed E-state index contributed by atoms with van der Waals surface area (Å²) >= 11 is 5.98. The second kappa shape index (κ2) is 4.81. The fourth-order valence-corrected chi connectivity index (χ4v) is 9.44. The summed E-state index contributed by atoms with van der Waals surface area (Å²) in [6.45, 7) is 0.703. The van der Waals surface area contributed by atoms with E-state index in [4.69, 9.17) is 23.1 Å². The Hall–Kier alpha value is -2.68. The molecule has 1 atom stereocenters. The summed E-state index contributed by atoms with van der Waals surface area (Å²) in [7, 11) is 0. The van der Waals surface area contributed by atoms with Gasteiger partial charge in [0.05, 0.1) is 28.9 Å². The van der Waals surface area contributed by atoms with Gasteiger partial charge < -0.3 is 16.4 Å². The van der Waals surface area contributed by atoms with E-state index in [9.17, 15) is 18.4 Å². The minimum Gasteiger partial charge on any atom is -0.365 e. The van der Waals surface area contributed by atoms with Crippen LogP contribution in [-0.2, 0) is 6.54 Å². The summed E-state index contributed by atoms with van der Waals surface area (Å²) in [6, 6.07) is 3.11. The van der Waals surface area contributed by atoms with Crippen molar-refractivity contribution in [2.45, 2.75) is 18.3 Å². The number of amides is 3. The number of halogens is 3. The quantitative estimate of drug-likeness (QED) is 0.738. The Balaban J connectivity index is 1.33. The molecular formula is C22H18ClF2N5O2. The van der Waals surface area contributed by atoms with Crippen molar-refractivity contribution in [1.29, 1.82) is 0 Å². The van der Waals surface area contributed by atoms with E-state index in [-0.39, 0.29) is 51.5 Å². The molecule has 4 N–H and O–H groups in total. The molecule has 1 aromatic carbocycles. The molecule has 6 fully saturated rings. The molecule has 9 rings (SSSR count). The van der Waals surface area contributed by atoms with Gasteiger partial charge in [0.1, 0.15) is 17.2 Å². The standard InChI is InChI=1S/C22H18ClF2N5O2/c23-7-5-6(1-2-8(7)24)16-9(19(26)31)17-18(29(20(27)32)3-4-30(17)28-16)21-10-13-11(21)15-12(21)14(10)22(13,15)25/h1-2,5,10-15,18H,3-4H2,(H2,26,31)(H2,27,32). The first kappa shape index (κ1) is 17.8. The average molecular weight is 458 g/mol. The first-order valence-electron chi connectivity index (χ1n) is 10.9. The normalized spacial score (nSPS) is 44.8.